The summed E-state index contributed by atoms with van der Waals surface area (Å²) >= 11 is 0. The van der Waals surface area contributed by atoms with Crippen molar-refractivity contribution in [2.45, 2.75) is 123 Å². The lowest BCUT2D eigenvalue weighted by Gasteiger charge is -2.56. The zero-order valence-corrected chi connectivity index (χ0v) is 21.2. The summed E-state index contributed by atoms with van der Waals surface area (Å²) in [5.74, 6) is 2.64. The van der Waals surface area contributed by atoms with Crippen molar-refractivity contribution in [1.82, 2.24) is 0 Å². The Balaban J connectivity index is 1.43. The first-order valence-electron chi connectivity index (χ1n) is 13.5. The van der Waals surface area contributed by atoms with E-state index in [4.69, 9.17) is 0 Å². The van der Waals surface area contributed by atoms with Gasteiger partial charge in [-0.1, -0.05) is 69.8 Å². The smallest absolute Gasteiger partial charge is 0.0661 e. The molecule has 0 radical (unpaired) electrons. The van der Waals surface area contributed by atoms with Gasteiger partial charge in [0.15, 0.2) is 0 Å². The molecule has 3 heteroatoms. The number of aliphatic hydroxyl groups excluding tert-OH is 2. The van der Waals surface area contributed by atoms with Crippen LogP contribution in [0.2, 0.25) is 0 Å². The third-order valence-electron chi connectivity index (χ3n) is 10.4. The lowest BCUT2D eigenvalue weighted by Crippen LogP contribution is -2.52. The molecule has 0 aromatic carbocycles. The molecule has 0 aromatic rings. The Labute approximate surface area is 196 Å². The first-order chi connectivity index (χ1) is 15.0. The van der Waals surface area contributed by atoms with Crippen molar-refractivity contribution >= 4 is 0 Å². The van der Waals surface area contributed by atoms with Crippen molar-refractivity contribution in [2.75, 3.05) is 0 Å². The van der Waals surface area contributed by atoms with Crippen molar-refractivity contribution in [3.05, 3.63) is 23.3 Å². The quantitative estimate of drug-likeness (QED) is 0.411. The number of allylic oxidation sites excluding steroid dienone is 3. The molecule has 0 aromatic heterocycles. The molecule has 4 aliphatic carbocycles. The van der Waals surface area contributed by atoms with Crippen LogP contribution in [0.15, 0.2) is 23.3 Å². The molecule has 0 spiro atoms. The number of rotatable bonds is 7. The lowest BCUT2D eigenvalue weighted by atomic mass is 9.49. The van der Waals surface area contributed by atoms with Gasteiger partial charge in [-0.15, -0.1) is 0 Å². The largest absolute Gasteiger partial charge is 0.393 e. The number of hydrogen-bond donors (Lipinski definition) is 3. The second kappa shape index (κ2) is 8.86. The van der Waals surface area contributed by atoms with E-state index in [0.717, 1.165) is 31.1 Å². The molecule has 4 rings (SSSR count). The van der Waals surface area contributed by atoms with Gasteiger partial charge in [0.25, 0.3) is 0 Å². The van der Waals surface area contributed by atoms with Gasteiger partial charge in [0, 0.05) is 11.8 Å². The van der Waals surface area contributed by atoms with Gasteiger partial charge < -0.3 is 15.3 Å². The second-order valence-corrected chi connectivity index (χ2v) is 13.0. The Morgan fingerprint density at radius 3 is 2.50 bits per heavy atom. The highest BCUT2D eigenvalue weighted by molar-refractivity contribution is 5.40. The summed E-state index contributed by atoms with van der Waals surface area (Å²) in [5, 5.41) is 31.2. The third kappa shape index (κ3) is 4.27. The molecule has 182 valence electrons. The fourth-order valence-corrected chi connectivity index (χ4v) is 8.42. The van der Waals surface area contributed by atoms with E-state index in [2.05, 4.69) is 32.9 Å². The molecule has 32 heavy (non-hydrogen) atoms. The summed E-state index contributed by atoms with van der Waals surface area (Å²) in [7, 11) is 0. The minimum atomic E-state index is -0.529. The summed E-state index contributed by atoms with van der Waals surface area (Å²) in [4.78, 5) is 0. The Morgan fingerprint density at radius 1 is 1.03 bits per heavy atom. The fraction of sp³-hybridized carbons (Fsp3) is 0.862. The maximum atomic E-state index is 11.1. The summed E-state index contributed by atoms with van der Waals surface area (Å²) in [6, 6.07) is 0. The lowest BCUT2D eigenvalue weighted by molar-refractivity contribution is -0.0544. The van der Waals surface area contributed by atoms with Crippen molar-refractivity contribution in [3.8, 4) is 0 Å². The van der Waals surface area contributed by atoms with Gasteiger partial charge in [-0.3, -0.25) is 0 Å². The Morgan fingerprint density at radius 2 is 1.78 bits per heavy atom. The van der Waals surface area contributed by atoms with Crippen LogP contribution in [0.4, 0.5) is 0 Å². The molecule has 3 N–H and O–H groups in total. The highest BCUT2D eigenvalue weighted by Gasteiger charge is 2.58. The zero-order valence-electron chi connectivity index (χ0n) is 21.2. The average Bonchev–Trinajstić information content (AvgIpc) is 3.05. The van der Waals surface area contributed by atoms with Gasteiger partial charge >= 0.3 is 0 Å². The summed E-state index contributed by atoms with van der Waals surface area (Å²) in [5.41, 5.74) is 2.55. The maximum absolute atomic E-state index is 11.1. The van der Waals surface area contributed by atoms with Gasteiger partial charge in [-0.2, -0.15) is 0 Å². The van der Waals surface area contributed by atoms with Gasteiger partial charge in [0.1, 0.15) is 0 Å². The zero-order chi connectivity index (χ0) is 23.3. The van der Waals surface area contributed by atoms with Gasteiger partial charge in [-0.25, -0.2) is 0 Å². The Bertz CT molecular complexity index is 746. The summed E-state index contributed by atoms with van der Waals surface area (Å²) in [6.45, 7) is 11.2. The van der Waals surface area contributed by atoms with Crippen LogP contribution in [0.3, 0.4) is 0 Å². The van der Waals surface area contributed by atoms with Crippen LogP contribution in [0.1, 0.15) is 105 Å². The normalized spacial score (nSPS) is 42.4. The molecule has 3 nitrogen and oxygen atoms in total. The predicted molar refractivity (Wildman–Crippen MR) is 131 cm³/mol. The first kappa shape index (κ1) is 24.5. The van der Waals surface area contributed by atoms with E-state index in [1.807, 2.05) is 13.8 Å². The topological polar surface area (TPSA) is 60.7 Å². The molecule has 0 amide bonds. The highest BCUT2D eigenvalue weighted by atomic mass is 16.3. The molecule has 0 unspecified atom stereocenters. The molecular formula is C29H48O3. The van der Waals surface area contributed by atoms with Crippen LogP contribution in [-0.2, 0) is 0 Å². The SMILES string of the molecule is C[C@H](CCCCCC(C)(C)O)[C@H]1CC[C@H]2C3=CC=C4C[C@@H](O)C[C@H](O)[C@]4(C)[C@H]3CC[C@]12C. The van der Waals surface area contributed by atoms with Crippen molar-refractivity contribution in [1.29, 1.82) is 0 Å². The molecule has 8 atom stereocenters. The van der Waals surface area contributed by atoms with E-state index in [9.17, 15) is 15.3 Å². The van der Waals surface area contributed by atoms with E-state index in [-0.39, 0.29) is 5.41 Å². The fourth-order valence-electron chi connectivity index (χ4n) is 8.42. The third-order valence-corrected chi connectivity index (χ3v) is 10.4. The molecule has 0 heterocycles. The van der Waals surface area contributed by atoms with Gasteiger partial charge in [-0.05, 0) is 81.5 Å². The molecular weight excluding hydrogens is 396 g/mol. The molecule has 3 fully saturated rings. The van der Waals surface area contributed by atoms with Gasteiger partial charge in [0.2, 0.25) is 0 Å². The van der Waals surface area contributed by atoms with Crippen molar-refractivity contribution in [2.24, 2.45) is 34.5 Å². The van der Waals surface area contributed by atoms with Crippen molar-refractivity contribution < 1.29 is 15.3 Å². The average molecular weight is 445 g/mol. The minimum absolute atomic E-state index is 0.186. The van der Waals surface area contributed by atoms with E-state index in [1.165, 1.54) is 50.5 Å². The van der Waals surface area contributed by atoms with Crippen LogP contribution in [0.25, 0.3) is 0 Å². The number of hydrogen-bond acceptors (Lipinski definition) is 3. The molecule has 0 saturated heterocycles. The highest BCUT2D eigenvalue weighted by Crippen LogP contribution is 2.66. The van der Waals surface area contributed by atoms with E-state index in [0.29, 0.717) is 23.7 Å². The molecule has 3 saturated carbocycles. The monoisotopic (exact) mass is 444 g/mol. The second-order valence-electron chi connectivity index (χ2n) is 13.0. The number of aliphatic hydroxyl groups is 3. The maximum Gasteiger partial charge on any atom is 0.0661 e. The Kier molecular flexibility index (Phi) is 6.78. The number of fused-ring (bicyclic) bond motifs is 5. The molecule has 0 aliphatic heterocycles. The summed E-state index contributed by atoms with van der Waals surface area (Å²) in [6.07, 6.45) is 16.0. The standard InChI is InChI=1S/C29H48O3/c1-19(9-7-6-8-15-27(2,3)32)23-12-13-24-22-11-10-20-17-21(30)18-26(31)29(20,5)25(22)14-16-28(23,24)4/h10-11,19,21,23-26,30-32H,6-9,12-18H2,1-5H3/t19-,21-,23-,24+,25+,26+,28-,29+/m1/s1. The van der Waals surface area contributed by atoms with Crippen LogP contribution in [0, 0.1) is 34.5 Å². The van der Waals surface area contributed by atoms with Gasteiger partial charge in [0.05, 0.1) is 17.8 Å². The number of unbranched alkanes of at least 4 members (excludes halogenated alkanes) is 2. The van der Waals surface area contributed by atoms with Crippen LogP contribution in [-0.4, -0.2) is 33.1 Å². The van der Waals surface area contributed by atoms with Crippen molar-refractivity contribution in [3.63, 3.8) is 0 Å². The Hall–Kier alpha value is -0.640. The molecule has 0 bridgehead atoms. The van der Waals surface area contributed by atoms with Crippen LogP contribution >= 0.6 is 0 Å². The summed E-state index contributed by atoms with van der Waals surface area (Å²) < 4.78 is 0. The van der Waals surface area contributed by atoms with E-state index < -0.39 is 17.8 Å². The van der Waals surface area contributed by atoms with Crippen LogP contribution < -0.4 is 0 Å². The van der Waals surface area contributed by atoms with Crippen LogP contribution in [0.5, 0.6) is 0 Å². The molecule has 4 aliphatic rings. The first-order valence-corrected chi connectivity index (χ1v) is 13.5. The minimum Gasteiger partial charge on any atom is -0.393 e. The van der Waals surface area contributed by atoms with E-state index >= 15 is 0 Å². The predicted octanol–water partition coefficient (Wildman–Crippen LogP) is 6.17. The van der Waals surface area contributed by atoms with E-state index in [1.54, 1.807) is 5.57 Å².